The van der Waals surface area contributed by atoms with Gasteiger partial charge in [0.15, 0.2) is 0 Å². The number of anilines is 1. The van der Waals surface area contributed by atoms with E-state index in [9.17, 15) is 9.59 Å². The van der Waals surface area contributed by atoms with Crippen molar-refractivity contribution in [3.05, 3.63) is 60.2 Å². The van der Waals surface area contributed by atoms with Crippen LogP contribution < -0.4 is 15.0 Å². The Labute approximate surface area is 141 Å². The van der Waals surface area contributed by atoms with Gasteiger partial charge in [-0.15, -0.1) is 0 Å². The maximum atomic E-state index is 12.6. The van der Waals surface area contributed by atoms with E-state index < -0.39 is 0 Å². The second kappa shape index (κ2) is 7.17. The number of carbonyl (C=O) groups is 2. The minimum Gasteiger partial charge on any atom is -0.490 e. The van der Waals surface area contributed by atoms with Crippen LogP contribution in [-0.2, 0) is 4.79 Å². The fourth-order valence-electron chi connectivity index (χ4n) is 2.75. The van der Waals surface area contributed by atoms with Crippen LogP contribution in [0.25, 0.3) is 0 Å². The number of rotatable bonds is 4. The van der Waals surface area contributed by atoms with Crippen LogP contribution in [0.15, 0.2) is 54.6 Å². The molecule has 5 heteroatoms. The van der Waals surface area contributed by atoms with Crippen molar-refractivity contribution >= 4 is 17.5 Å². The van der Waals surface area contributed by atoms with Crippen LogP contribution in [0.2, 0.25) is 0 Å². The number of fused-ring (bicyclic) bond motifs is 1. The first-order valence-electron chi connectivity index (χ1n) is 8.03. The van der Waals surface area contributed by atoms with Gasteiger partial charge in [-0.25, -0.2) is 0 Å². The highest BCUT2D eigenvalue weighted by Crippen LogP contribution is 2.31. The van der Waals surface area contributed by atoms with E-state index in [-0.39, 0.29) is 24.3 Å². The molecule has 1 heterocycles. The van der Waals surface area contributed by atoms with Crippen molar-refractivity contribution in [1.82, 2.24) is 5.32 Å². The van der Waals surface area contributed by atoms with E-state index in [0.29, 0.717) is 18.7 Å². The van der Waals surface area contributed by atoms with Gasteiger partial charge in [0.05, 0.1) is 12.2 Å². The Morgan fingerprint density at radius 1 is 1.12 bits per heavy atom. The van der Waals surface area contributed by atoms with E-state index in [1.54, 1.807) is 17.0 Å². The van der Waals surface area contributed by atoms with Crippen LogP contribution in [0.4, 0.5) is 5.69 Å². The molecule has 124 valence electrons. The van der Waals surface area contributed by atoms with Crippen molar-refractivity contribution in [3.8, 4) is 5.75 Å². The summed E-state index contributed by atoms with van der Waals surface area (Å²) in [6.45, 7) is 2.84. The molecule has 0 saturated carbocycles. The van der Waals surface area contributed by atoms with E-state index in [4.69, 9.17) is 4.74 Å². The normalized spacial score (nSPS) is 14.3. The molecule has 24 heavy (non-hydrogen) atoms. The zero-order valence-electron chi connectivity index (χ0n) is 13.6. The molecule has 0 fully saturated rings. The standard InChI is InChI=1S/C19H20N2O3/c1-14(20-19(23)15-7-3-2-4-8-15)13-18(22)21-11-12-24-17-10-6-5-9-16(17)21/h2-10,14H,11-13H2,1H3,(H,20,23). The maximum Gasteiger partial charge on any atom is 0.251 e. The summed E-state index contributed by atoms with van der Waals surface area (Å²) in [4.78, 5) is 26.5. The number of hydrogen-bond donors (Lipinski definition) is 1. The lowest BCUT2D eigenvalue weighted by Crippen LogP contribution is -2.42. The zero-order valence-corrected chi connectivity index (χ0v) is 13.6. The summed E-state index contributed by atoms with van der Waals surface area (Å²) in [5.74, 6) is 0.531. The molecule has 1 aliphatic heterocycles. The molecule has 3 rings (SSSR count). The Balaban J connectivity index is 1.62. The van der Waals surface area contributed by atoms with Crippen molar-refractivity contribution in [2.75, 3.05) is 18.1 Å². The Morgan fingerprint density at radius 3 is 2.62 bits per heavy atom. The lowest BCUT2D eigenvalue weighted by Gasteiger charge is -2.30. The van der Waals surface area contributed by atoms with Crippen molar-refractivity contribution in [3.63, 3.8) is 0 Å². The molecule has 1 N–H and O–H groups in total. The minimum absolute atomic E-state index is 0.0217. The van der Waals surface area contributed by atoms with Crippen molar-refractivity contribution in [2.45, 2.75) is 19.4 Å². The lowest BCUT2D eigenvalue weighted by molar-refractivity contribution is -0.119. The van der Waals surface area contributed by atoms with Crippen LogP contribution >= 0.6 is 0 Å². The molecule has 0 radical (unpaired) electrons. The van der Waals surface area contributed by atoms with Crippen molar-refractivity contribution in [1.29, 1.82) is 0 Å². The SMILES string of the molecule is CC(CC(=O)N1CCOc2ccccc21)NC(=O)c1ccccc1. The highest BCUT2D eigenvalue weighted by molar-refractivity contribution is 5.97. The minimum atomic E-state index is -0.250. The predicted molar refractivity (Wildman–Crippen MR) is 92.3 cm³/mol. The summed E-state index contributed by atoms with van der Waals surface area (Å²) in [7, 11) is 0. The monoisotopic (exact) mass is 324 g/mol. The van der Waals surface area contributed by atoms with Crippen LogP contribution in [0.5, 0.6) is 5.75 Å². The fraction of sp³-hybridized carbons (Fsp3) is 0.263. The fourth-order valence-corrected chi connectivity index (χ4v) is 2.75. The van der Waals surface area contributed by atoms with Crippen LogP contribution in [0.1, 0.15) is 23.7 Å². The number of carbonyl (C=O) groups excluding carboxylic acids is 2. The van der Waals surface area contributed by atoms with Gasteiger partial charge in [-0.3, -0.25) is 9.59 Å². The van der Waals surface area contributed by atoms with E-state index in [0.717, 1.165) is 11.4 Å². The summed E-state index contributed by atoms with van der Waals surface area (Å²) < 4.78 is 5.57. The predicted octanol–water partition coefficient (Wildman–Crippen LogP) is 2.62. The quantitative estimate of drug-likeness (QED) is 0.940. The summed E-state index contributed by atoms with van der Waals surface area (Å²) in [5, 5.41) is 2.87. The molecule has 0 bridgehead atoms. The Bertz CT molecular complexity index is 730. The van der Waals surface area contributed by atoms with E-state index in [1.807, 2.05) is 49.4 Å². The lowest BCUT2D eigenvalue weighted by atomic mass is 10.1. The van der Waals surface area contributed by atoms with E-state index in [1.165, 1.54) is 0 Å². The molecular weight excluding hydrogens is 304 g/mol. The van der Waals surface area contributed by atoms with Gasteiger partial charge in [-0.1, -0.05) is 30.3 Å². The van der Waals surface area contributed by atoms with Crippen LogP contribution in [-0.4, -0.2) is 31.0 Å². The van der Waals surface area contributed by atoms with E-state index in [2.05, 4.69) is 5.32 Å². The van der Waals surface area contributed by atoms with Crippen LogP contribution in [0.3, 0.4) is 0 Å². The van der Waals surface area contributed by atoms with Gasteiger partial charge >= 0.3 is 0 Å². The summed E-state index contributed by atoms with van der Waals surface area (Å²) in [6.07, 6.45) is 0.243. The molecule has 5 nitrogen and oxygen atoms in total. The number of benzene rings is 2. The highest BCUT2D eigenvalue weighted by atomic mass is 16.5. The molecular formula is C19H20N2O3. The third-order valence-electron chi connectivity index (χ3n) is 3.92. The molecule has 1 aliphatic rings. The molecule has 2 aromatic carbocycles. The number of ether oxygens (including phenoxy) is 1. The Morgan fingerprint density at radius 2 is 1.83 bits per heavy atom. The molecule has 0 aromatic heterocycles. The molecule has 0 saturated heterocycles. The number of para-hydroxylation sites is 2. The smallest absolute Gasteiger partial charge is 0.251 e. The van der Waals surface area contributed by atoms with Crippen molar-refractivity contribution < 1.29 is 14.3 Å². The summed E-state index contributed by atoms with van der Waals surface area (Å²) in [5.41, 5.74) is 1.38. The molecule has 0 spiro atoms. The molecule has 1 unspecified atom stereocenters. The van der Waals surface area contributed by atoms with Gasteiger partial charge in [0, 0.05) is 18.0 Å². The average molecular weight is 324 g/mol. The second-order valence-electron chi connectivity index (χ2n) is 5.81. The molecule has 0 aliphatic carbocycles. The molecule has 2 aromatic rings. The van der Waals surface area contributed by atoms with Gasteiger partial charge in [0.25, 0.3) is 5.91 Å². The number of amides is 2. The third-order valence-corrected chi connectivity index (χ3v) is 3.92. The van der Waals surface area contributed by atoms with Gasteiger partial charge in [-0.2, -0.15) is 0 Å². The highest BCUT2D eigenvalue weighted by Gasteiger charge is 2.24. The first-order chi connectivity index (χ1) is 11.6. The second-order valence-corrected chi connectivity index (χ2v) is 5.81. The maximum absolute atomic E-state index is 12.6. The van der Waals surface area contributed by atoms with E-state index >= 15 is 0 Å². The van der Waals surface area contributed by atoms with Crippen molar-refractivity contribution in [2.24, 2.45) is 0 Å². The molecule has 1 atom stereocenters. The number of nitrogens with one attached hydrogen (secondary N) is 1. The first-order valence-corrected chi connectivity index (χ1v) is 8.03. The van der Waals surface area contributed by atoms with Gasteiger partial charge in [0.2, 0.25) is 5.91 Å². The third kappa shape index (κ3) is 3.56. The van der Waals surface area contributed by atoms with Crippen LogP contribution in [0, 0.1) is 0 Å². The number of nitrogens with zero attached hydrogens (tertiary/aromatic N) is 1. The largest absolute Gasteiger partial charge is 0.490 e. The Hall–Kier alpha value is -2.82. The summed E-state index contributed by atoms with van der Waals surface area (Å²) >= 11 is 0. The number of hydrogen-bond acceptors (Lipinski definition) is 3. The average Bonchev–Trinajstić information content (AvgIpc) is 2.61. The summed E-state index contributed by atoms with van der Waals surface area (Å²) in [6, 6.07) is 16.2. The van der Waals surface area contributed by atoms with Gasteiger partial charge in [-0.05, 0) is 31.2 Å². The Kier molecular flexibility index (Phi) is 4.79. The molecule has 2 amide bonds. The van der Waals surface area contributed by atoms with Gasteiger partial charge in [0.1, 0.15) is 12.4 Å². The first kappa shape index (κ1) is 16.1. The topological polar surface area (TPSA) is 58.6 Å². The zero-order chi connectivity index (χ0) is 16.9. The van der Waals surface area contributed by atoms with Gasteiger partial charge < -0.3 is 15.0 Å².